The molecule has 8 N–H and O–H groups in total. The molecule has 0 aromatic carbocycles. The van der Waals surface area contributed by atoms with Crippen molar-refractivity contribution in [1.82, 2.24) is 5.32 Å². The fraction of sp³-hybridized carbons (Fsp3) is 0.857. The molecule has 0 bridgehead atoms. The standard InChI is InChI=1S/C35H65NO10/c1-3-5-7-9-11-13-15-17-19-21-23-28(39)34(44)36-26(25-45-35-33(43)32(42)31(41)29(24-37)46-35)30(40)27(38)22-20-18-16-14-12-10-8-6-4-2/h9,11,14,16,26-33,35,37-43H,3-8,10,12-13,15,17-25H2,1-2H3,(H,36,44)/b11-9-,16-14+. The third kappa shape index (κ3) is 17.7. The quantitative estimate of drug-likeness (QED) is 0.0481. The van der Waals surface area contributed by atoms with Crippen LogP contribution in [-0.2, 0) is 14.3 Å². The van der Waals surface area contributed by atoms with E-state index >= 15 is 0 Å². The molecular weight excluding hydrogens is 594 g/mol. The van der Waals surface area contributed by atoms with Crippen LogP contribution in [0.1, 0.15) is 123 Å². The average Bonchev–Trinajstić information content (AvgIpc) is 3.05. The molecule has 1 heterocycles. The molecule has 1 aliphatic rings. The van der Waals surface area contributed by atoms with E-state index in [1.54, 1.807) is 0 Å². The van der Waals surface area contributed by atoms with E-state index in [4.69, 9.17) is 9.47 Å². The van der Waals surface area contributed by atoms with Crippen LogP contribution in [0.4, 0.5) is 0 Å². The molecule has 46 heavy (non-hydrogen) atoms. The van der Waals surface area contributed by atoms with Crippen molar-refractivity contribution in [2.45, 2.75) is 178 Å². The van der Waals surface area contributed by atoms with Gasteiger partial charge in [-0.2, -0.15) is 0 Å². The van der Waals surface area contributed by atoms with Crippen LogP contribution in [0.5, 0.6) is 0 Å². The molecule has 11 nitrogen and oxygen atoms in total. The Morgan fingerprint density at radius 2 is 1.30 bits per heavy atom. The number of hydrogen-bond donors (Lipinski definition) is 8. The number of carbonyl (C=O) groups excluding carboxylic acids is 1. The Morgan fingerprint density at radius 3 is 1.91 bits per heavy atom. The molecule has 9 unspecified atom stereocenters. The first-order valence-corrected chi connectivity index (χ1v) is 17.7. The van der Waals surface area contributed by atoms with Crippen molar-refractivity contribution in [3.8, 4) is 0 Å². The molecule has 0 radical (unpaired) electrons. The maximum atomic E-state index is 12.9. The first kappa shape index (κ1) is 42.6. The summed E-state index contributed by atoms with van der Waals surface area (Å²) in [6.07, 6.45) is 12.7. The van der Waals surface area contributed by atoms with Crippen molar-refractivity contribution in [2.24, 2.45) is 0 Å². The monoisotopic (exact) mass is 659 g/mol. The molecule has 0 aromatic heterocycles. The molecule has 11 heteroatoms. The Morgan fingerprint density at radius 1 is 0.739 bits per heavy atom. The Bertz CT molecular complexity index is 810. The lowest BCUT2D eigenvalue weighted by Crippen LogP contribution is -2.60. The van der Waals surface area contributed by atoms with E-state index in [1.165, 1.54) is 32.1 Å². The normalized spacial score (nSPS) is 24.8. The summed E-state index contributed by atoms with van der Waals surface area (Å²) < 4.78 is 11.0. The largest absolute Gasteiger partial charge is 0.394 e. The van der Waals surface area contributed by atoms with Gasteiger partial charge in [-0.15, -0.1) is 0 Å². The van der Waals surface area contributed by atoms with Gasteiger partial charge in [0.25, 0.3) is 0 Å². The molecule has 1 rings (SSSR count). The van der Waals surface area contributed by atoms with Gasteiger partial charge in [0.2, 0.25) is 5.91 Å². The SMILES string of the molecule is CCCC/C=C\CCCCCCC(O)C(=O)NC(COC1OC(CO)C(O)C(O)C1O)C(O)C(O)CCC/C=C/CCCCCC. The maximum Gasteiger partial charge on any atom is 0.249 e. The second kappa shape index (κ2) is 26.5. The molecule has 0 aliphatic carbocycles. The summed E-state index contributed by atoms with van der Waals surface area (Å²) in [5, 5.41) is 74.8. The van der Waals surface area contributed by atoms with Gasteiger partial charge in [0.05, 0.1) is 25.4 Å². The number of aliphatic hydroxyl groups is 7. The summed E-state index contributed by atoms with van der Waals surface area (Å²) in [6.45, 7) is 3.26. The lowest BCUT2D eigenvalue weighted by Gasteiger charge is -2.40. The molecule has 9 atom stereocenters. The zero-order valence-corrected chi connectivity index (χ0v) is 28.3. The van der Waals surface area contributed by atoms with Crippen LogP contribution < -0.4 is 5.32 Å². The van der Waals surface area contributed by atoms with E-state index in [0.717, 1.165) is 51.4 Å². The lowest BCUT2D eigenvalue weighted by molar-refractivity contribution is -0.303. The van der Waals surface area contributed by atoms with Crippen LogP contribution in [-0.4, -0.2) is 110 Å². The van der Waals surface area contributed by atoms with Gasteiger partial charge in [-0.05, 0) is 57.8 Å². The zero-order valence-electron chi connectivity index (χ0n) is 28.3. The van der Waals surface area contributed by atoms with E-state index < -0.39 is 74.2 Å². The maximum absolute atomic E-state index is 12.9. The summed E-state index contributed by atoms with van der Waals surface area (Å²) in [6, 6.07) is -1.18. The van der Waals surface area contributed by atoms with Crippen molar-refractivity contribution < 1.29 is 50.0 Å². The summed E-state index contributed by atoms with van der Waals surface area (Å²) >= 11 is 0. The Balaban J connectivity index is 2.67. The fourth-order valence-corrected chi connectivity index (χ4v) is 5.36. The molecule has 270 valence electrons. The predicted molar refractivity (Wildman–Crippen MR) is 178 cm³/mol. The summed E-state index contributed by atoms with van der Waals surface area (Å²) in [4.78, 5) is 12.9. The number of amides is 1. The smallest absolute Gasteiger partial charge is 0.249 e. The highest BCUT2D eigenvalue weighted by atomic mass is 16.7. The van der Waals surface area contributed by atoms with Crippen molar-refractivity contribution in [1.29, 1.82) is 0 Å². The summed E-state index contributed by atoms with van der Waals surface area (Å²) in [5.41, 5.74) is 0. The van der Waals surface area contributed by atoms with Gasteiger partial charge in [0, 0.05) is 0 Å². The average molecular weight is 660 g/mol. The van der Waals surface area contributed by atoms with Gasteiger partial charge in [0.15, 0.2) is 6.29 Å². The Labute approximate surface area is 276 Å². The van der Waals surface area contributed by atoms with Crippen molar-refractivity contribution in [2.75, 3.05) is 13.2 Å². The van der Waals surface area contributed by atoms with E-state index in [2.05, 4.69) is 43.5 Å². The third-order valence-electron chi connectivity index (χ3n) is 8.48. The molecule has 0 saturated carbocycles. The van der Waals surface area contributed by atoms with Crippen molar-refractivity contribution >= 4 is 5.91 Å². The number of rotatable bonds is 27. The zero-order chi connectivity index (χ0) is 34.2. The Kier molecular flexibility index (Phi) is 24.6. The minimum Gasteiger partial charge on any atom is -0.394 e. The van der Waals surface area contributed by atoms with Gasteiger partial charge in [-0.25, -0.2) is 0 Å². The van der Waals surface area contributed by atoms with Gasteiger partial charge < -0.3 is 50.5 Å². The summed E-state index contributed by atoms with van der Waals surface area (Å²) in [7, 11) is 0. The molecular formula is C35H65NO10. The minimum absolute atomic E-state index is 0.238. The number of ether oxygens (including phenoxy) is 2. The molecule has 1 amide bonds. The van der Waals surface area contributed by atoms with Crippen LogP contribution in [0.25, 0.3) is 0 Å². The second-order valence-electron chi connectivity index (χ2n) is 12.6. The molecule has 0 spiro atoms. The highest BCUT2D eigenvalue weighted by Gasteiger charge is 2.44. The summed E-state index contributed by atoms with van der Waals surface area (Å²) in [5.74, 6) is -0.724. The Hall–Kier alpha value is -1.41. The molecule has 1 aliphatic heterocycles. The van der Waals surface area contributed by atoms with Gasteiger partial charge in [-0.1, -0.05) is 89.5 Å². The number of unbranched alkanes of at least 4 members (excludes halogenated alkanes) is 11. The molecule has 1 saturated heterocycles. The first-order valence-electron chi connectivity index (χ1n) is 17.7. The van der Waals surface area contributed by atoms with Crippen LogP contribution >= 0.6 is 0 Å². The topological polar surface area (TPSA) is 189 Å². The van der Waals surface area contributed by atoms with Crippen LogP contribution in [0.2, 0.25) is 0 Å². The van der Waals surface area contributed by atoms with Crippen LogP contribution in [0.15, 0.2) is 24.3 Å². The van der Waals surface area contributed by atoms with E-state index in [1.807, 2.05) is 0 Å². The molecule has 0 aromatic rings. The first-order chi connectivity index (χ1) is 22.2. The number of aliphatic hydroxyl groups excluding tert-OH is 7. The number of allylic oxidation sites excluding steroid dienone is 4. The highest BCUT2D eigenvalue weighted by Crippen LogP contribution is 2.23. The van der Waals surface area contributed by atoms with Crippen molar-refractivity contribution in [3.63, 3.8) is 0 Å². The predicted octanol–water partition coefficient (Wildman–Crippen LogP) is 3.15. The minimum atomic E-state index is -1.66. The van der Waals surface area contributed by atoms with Gasteiger partial charge >= 0.3 is 0 Å². The fourth-order valence-electron chi connectivity index (χ4n) is 5.36. The van der Waals surface area contributed by atoms with E-state index in [-0.39, 0.29) is 12.8 Å². The number of hydrogen-bond acceptors (Lipinski definition) is 10. The van der Waals surface area contributed by atoms with E-state index in [9.17, 15) is 40.5 Å². The van der Waals surface area contributed by atoms with Crippen molar-refractivity contribution in [3.05, 3.63) is 24.3 Å². The van der Waals surface area contributed by atoms with E-state index in [0.29, 0.717) is 12.8 Å². The van der Waals surface area contributed by atoms with Gasteiger partial charge in [-0.3, -0.25) is 4.79 Å². The number of carbonyl (C=O) groups is 1. The van der Waals surface area contributed by atoms with Crippen LogP contribution in [0.3, 0.4) is 0 Å². The third-order valence-corrected chi connectivity index (χ3v) is 8.48. The lowest BCUT2D eigenvalue weighted by atomic mass is 9.98. The number of nitrogens with one attached hydrogen (secondary N) is 1. The molecule has 1 fully saturated rings. The van der Waals surface area contributed by atoms with Gasteiger partial charge in [0.1, 0.15) is 36.6 Å². The highest BCUT2D eigenvalue weighted by molar-refractivity contribution is 5.80. The second-order valence-corrected chi connectivity index (χ2v) is 12.6. The van der Waals surface area contributed by atoms with Crippen LogP contribution in [0, 0.1) is 0 Å².